The van der Waals surface area contributed by atoms with Crippen LogP contribution in [0.3, 0.4) is 0 Å². The lowest BCUT2D eigenvalue weighted by molar-refractivity contribution is -0.122. The monoisotopic (exact) mass is 245 g/mol. The normalized spacial score (nSPS) is 26.8. The van der Waals surface area contributed by atoms with Crippen molar-refractivity contribution in [3.63, 3.8) is 0 Å². The molecule has 0 radical (unpaired) electrons. The summed E-state index contributed by atoms with van der Waals surface area (Å²) in [6.07, 6.45) is 4.10. The zero-order chi connectivity index (χ0) is 12.9. The fraction of sp³-hybridized carbons (Fsp3) is 0.462. The highest BCUT2D eigenvalue weighted by atomic mass is 16.2. The highest BCUT2D eigenvalue weighted by molar-refractivity contribution is 6.21. The number of carbonyl (C=O) groups excluding carboxylic acids is 2. The third-order valence-electron chi connectivity index (χ3n) is 3.96. The van der Waals surface area contributed by atoms with Gasteiger partial charge < -0.3 is 5.73 Å². The Hall–Kier alpha value is -1.91. The maximum Gasteiger partial charge on any atom is 0.238 e. The molecule has 1 saturated heterocycles. The molecule has 3 rings (SSSR count). The topological polar surface area (TPSA) is 76.3 Å². The SMILES string of the molecule is Cc1cc(N2C(=O)C3CCCC3C2=O)ncc1N. The molecule has 18 heavy (non-hydrogen) atoms. The molecule has 94 valence electrons. The average molecular weight is 245 g/mol. The molecule has 5 heteroatoms. The number of fused-ring (bicyclic) bond motifs is 1. The van der Waals surface area contributed by atoms with Gasteiger partial charge in [-0.2, -0.15) is 0 Å². The van der Waals surface area contributed by atoms with Gasteiger partial charge in [-0.15, -0.1) is 0 Å². The lowest BCUT2D eigenvalue weighted by atomic mass is 10.00. The molecule has 2 atom stereocenters. The van der Waals surface area contributed by atoms with Crippen molar-refractivity contribution in [1.29, 1.82) is 0 Å². The molecule has 2 unspecified atom stereocenters. The minimum atomic E-state index is -0.128. The number of hydrogen-bond donors (Lipinski definition) is 1. The number of aromatic nitrogens is 1. The summed E-state index contributed by atoms with van der Waals surface area (Å²) in [4.78, 5) is 29.8. The summed E-state index contributed by atoms with van der Waals surface area (Å²) in [6, 6.07) is 1.70. The van der Waals surface area contributed by atoms with Crippen molar-refractivity contribution >= 4 is 23.3 Å². The number of anilines is 2. The molecule has 2 amide bonds. The van der Waals surface area contributed by atoms with Crippen molar-refractivity contribution in [3.8, 4) is 0 Å². The van der Waals surface area contributed by atoms with Crippen molar-refractivity contribution in [3.05, 3.63) is 17.8 Å². The highest BCUT2D eigenvalue weighted by Gasteiger charge is 2.50. The summed E-state index contributed by atoms with van der Waals surface area (Å²) in [5.74, 6) is -0.0428. The van der Waals surface area contributed by atoms with Crippen molar-refractivity contribution in [1.82, 2.24) is 4.98 Å². The molecule has 0 bridgehead atoms. The molecule has 5 nitrogen and oxygen atoms in total. The van der Waals surface area contributed by atoms with Gasteiger partial charge in [-0.1, -0.05) is 6.42 Å². The van der Waals surface area contributed by atoms with E-state index in [0.717, 1.165) is 24.8 Å². The van der Waals surface area contributed by atoms with Crippen LogP contribution in [0.25, 0.3) is 0 Å². The summed E-state index contributed by atoms with van der Waals surface area (Å²) in [6.45, 7) is 1.84. The van der Waals surface area contributed by atoms with Gasteiger partial charge in [-0.05, 0) is 31.4 Å². The van der Waals surface area contributed by atoms with Crippen LogP contribution < -0.4 is 10.6 Å². The quantitative estimate of drug-likeness (QED) is 0.756. The van der Waals surface area contributed by atoms with Crippen LogP contribution in [0.4, 0.5) is 11.5 Å². The van der Waals surface area contributed by atoms with Gasteiger partial charge in [0, 0.05) is 0 Å². The standard InChI is InChI=1S/C13H15N3O2/c1-7-5-11(15-6-10(7)14)16-12(17)8-3-2-4-9(8)13(16)18/h5-6,8-9H,2-4,14H2,1H3. The number of imide groups is 1. The Morgan fingerprint density at radius 2 is 1.89 bits per heavy atom. The first-order valence-corrected chi connectivity index (χ1v) is 6.19. The van der Waals surface area contributed by atoms with Crippen molar-refractivity contribution < 1.29 is 9.59 Å². The molecule has 2 aliphatic rings. The molecular formula is C13H15N3O2. The van der Waals surface area contributed by atoms with E-state index in [9.17, 15) is 9.59 Å². The summed E-state index contributed by atoms with van der Waals surface area (Å²) < 4.78 is 0. The molecule has 1 aliphatic carbocycles. The molecular weight excluding hydrogens is 230 g/mol. The zero-order valence-electron chi connectivity index (χ0n) is 10.2. The molecule has 2 heterocycles. The van der Waals surface area contributed by atoms with E-state index in [1.54, 1.807) is 6.07 Å². The van der Waals surface area contributed by atoms with Crippen molar-refractivity contribution in [2.75, 3.05) is 10.6 Å². The zero-order valence-corrected chi connectivity index (χ0v) is 10.2. The fourth-order valence-corrected chi connectivity index (χ4v) is 2.89. The molecule has 2 fully saturated rings. The van der Waals surface area contributed by atoms with Crippen LogP contribution in [-0.2, 0) is 9.59 Å². The molecule has 1 aromatic heterocycles. The van der Waals surface area contributed by atoms with E-state index in [0.29, 0.717) is 11.5 Å². The van der Waals surface area contributed by atoms with Gasteiger partial charge in [-0.25, -0.2) is 9.88 Å². The van der Waals surface area contributed by atoms with Gasteiger partial charge in [-0.3, -0.25) is 9.59 Å². The van der Waals surface area contributed by atoms with Crippen LogP contribution in [0.15, 0.2) is 12.3 Å². The van der Waals surface area contributed by atoms with Gasteiger partial charge in [0.2, 0.25) is 11.8 Å². The first kappa shape index (κ1) is 11.2. The number of nitrogen functional groups attached to an aromatic ring is 1. The number of nitrogens with zero attached hydrogens (tertiary/aromatic N) is 2. The lowest BCUT2D eigenvalue weighted by Gasteiger charge is -2.15. The van der Waals surface area contributed by atoms with Gasteiger partial charge in [0.05, 0.1) is 23.7 Å². The molecule has 1 aromatic rings. The smallest absolute Gasteiger partial charge is 0.238 e. The first-order chi connectivity index (χ1) is 8.59. The predicted molar refractivity (Wildman–Crippen MR) is 66.7 cm³/mol. The number of pyridine rings is 1. The summed E-state index contributed by atoms with van der Waals surface area (Å²) >= 11 is 0. The maximum absolute atomic E-state index is 12.2. The highest BCUT2D eigenvalue weighted by Crippen LogP contribution is 2.41. The summed E-state index contributed by atoms with van der Waals surface area (Å²) in [7, 11) is 0. The second-order valence-electron chi connectivity index (χ2n) is 5.05. The van der Waals surface area contributed by atoms with E-state index in [2.05, 4.69) is 4.98 Å². The van der Waals surface area contributed by atoms with E-state index < -0.39 is 0 Å². The molecule has 2 N–H and O–H groups in total. The molecule has 0 spiro atoms. The van der Waals surface area contributed by atoms with Crippen LogP contribution in [0.1, 0.15) is 24.8 Å². The first-order valence-electron chi connectivity index (χ1n) is 6.19. The van der Waals surface area contributed by atoms with Crippen molar-refractivity contribution in [2.24, 2.45) is 11.8 Å². The van der Waals surface area contributed by atoms with E-state index in [-0.39, 0.29) is 23.7 Å². The van der Waals surface area contributed by atoms with Crippen LogP contribution >= 0.6 is 0 Å². The van der Waals surface area contributed by atoms with Crippen LogP contribution in [0.2, 0.25) is 0 Å². The third-order valence-corrected chi connectivity index (χ3v) is 3.96. The number of hydrogen-bond acceptors (Lipinski definition) is 4. The Labute approximate surface area is 105 Å². The van der Waals surface area contributed by atoms with E-state index in [1.165, 1.54) is 11.1 Å². The van der Waals surface area contributed by atoms with Gasteiger partial charge in [0.25, 0.3) is 0 Å². The second kappa shape index (κ2) is 3.80. The third kappa shape index (κ3) is 1.43. The van der Waals surface area contributed by atoms with Crippen molar-refractivity contribution in [2.45, 2.75) is 26.2 Å². The number of nitrogens with two attached hydrogens (primary N) is 1. The molecule has 0 aromatic carbocycles. The Morgan fingerprint density at radius 1 is 1.28 bits per heavy atom. The van der Waals surface area contributed by atoms with Crippen LogP contribution in [0, 0.1) is 18.8 Å². The Kier molecular flexibility index (Phi) is 2.36. The lowest BCUT2D eigenvalue weighted by Crippen LogP contribution is -2.32. The Balaban J connectivity index is 1.99. The summed E-state index contributed by atoms with van der Waals surface area (Å²) in [5.41, 5.74) is 7.10. The largest absolute Gasteiger partial charge is 0.397 e. The Morgan fingerprint density at radius 3 is 2.44 bits per heavy atom. The van der Waals surface area contributed by atoms with Crippen LogP contribution in [0.5, 0.6) is 0 Å². The number of rotatable bonds is 1. The van der Waals surface area contributed by atoms with Crippen LogP contribution in [-0.4, -0.2) is 16.8 Å². The number of carbonyl (C=O) groups is 2. The molecule has 1 saturated carbocycles. The van der Waals surface area contributed by atoms with E-state index in [4.69, 9.17) is 5.73 Å². The fourth-order valence-electron chi connectivity index (χ4n) is 2.89. The van der Waals surface area contributed by atoms with E-state index >= 15 is 0 Å². The Bertz CT molecular complexity index is 519. The number of aryl methyl sites for hydroxylation is 1. The second-order valence-corrected chi connectivity index (χ2v) is 5.05. The summed E-state index contributed by atoms with van der Waals surface area (Å²) in [5, 5.41) is 0. The average Bonchev–Trinajstić information content (AvgIpc) is 2.89. The van der Waals surface area contributed by atoms with Gasteiger partial charge in [0.1, 0.15) is 5.82 Å². The van der Waals surface area contributed by atoms with E-state index in [1.807, 2.05) is 6.92 Å². The minimum Gasteiger partial charge on any atom is -0.397 e. The number of amides is 2. The molecule has 1 aliphatic heterocycles. The minimum absolute atomic E-state index is 0.0980. The maximum atomic E-state index is 12.2. The van der Waals surface area contributed by atoms with Gasteiger partial charge in [0.15, 0.2) is 0 Å². The van der Waals surface area contributed by atoms with Gasteiger partial charge >= 0.3 is 0 Å². The predicted octanol–water partition coefficient (Wildman–Crippen LogP) is 1.26.